The quantitative estimate of drug-likeness (QED) is 0.591. The average Bonchev–Trinajstić information content (AvgIpc) is 3.20. The molecule has 5 nitrogen and oxygen atoms in total. The van der Waals surface area contributed by atoms with Gasteiger partial charge in [-0.2, -0.15) is 0 Å². The SMILES string of the molecule is O=C(CC1C=CCC1)NCCN1C(=O)S/C(=C/c2ccc(Cl)cc2)C1=O. The number of hydrogen-bond acceptors (Lipinski definition) is 4. The van der Waals surface area contributed by atoms with Gasteiger partial charge >= 0.3 is 0 Å². The molecular weight excluding hydrogens is 372 g/mol. The van der Waals surface area contributed by atoms with Crippen molar-refractivity contribution in [1.29, 1.82) is 0 Å². The van der Waals surface area contributed by atoms with E-state index < -0.39 is 0 Å². The lowest BCUT2D eigenvalue weighted by Crippen LogP contribution is -2.37. The molecule has 1 aromatic carbocycles. The number of thioether (sulfide) groups is 1. The van der Waals surface area contributed by atoms with Crippen molar-refractivity contribution in [2.45, 2.75) is 19.3 Å². The van der Waals surface area contributed by atoms with Crippen molar-refractivity contribution in [3.8, 4) is 0 Å². The zero-order valence-electron chi connectivity index (χ0n) is 14.1. The second-order valence-corrected chi connectivity index (χ2v) is 7.63. The van der Waals surface area contributed by atoms with Crippen LogP contribution in [0.2, 0.25) is 5.02 Å². The maximum Gasteiger partial charge on any atom is 0.293 e. The molecule has 1 aromatic rings. The van der Waals surface area contributed by atoms with Gasteiger partial charge in [0.05, 0.1) is 4.91 Å². The number of benzene rings is 1. The Morgan fingerprint density at radius 2 is 2.08 bits per heavy atom. The lowest BCUT2D eigenvalue weighted by molar-refractivity contribution is -0.124. The van der Waals surface area contributed by atoms with Crippen molar-refractivity contribution in [1.82, 2.24) is 10.2 Å². The maximum absolute atomic E-state index is 12.4. The summed E-state index contributed by atoms with van der Waals surface area (Å²) >= 11 is 6.76. The van der Waals surface area contributed by atoms with Crippen LogP contribution in [0.1, 0.15) is 24.8 Å². The monoisotopic (exact) mass is 390 g/mol. The van der Waals surface area contributed by atoms with Crippen LogP contribution >= 0.6 is 23.4 Å². The fourth-order valence-corrected chi connectivity index (χ4v) is 3.88. The van der Waals surface area contributed by atoms with E-state index in [1.807, 2.05) is 0 Å². The van der Waals surface area contributed by atoms with Crippen molar-refractivity contribution in [3.05, 3.63) is 51.9 Å². The van der Waals surface area contributed by atoms with Crippen molar-refractivity contribution in [2.24, 2.45) is 5.92 Å². The number of hydrogen-bond donors (Lipinski definition) is 1. The number of allylic oxidation sites excluding steroid dienone is 2. The number of amides is 3. The molecular formula is C19H19ClN2O3S. The third kappa shape index (κ3) is 4.77. The summed E-state index contributed by atoms with van der Waals surface area (Å²) in [5, 5.41) is 3.08. The molecule has 1 aliphatic carbocycles. The summed E-state index contributed by atoms with van der Waals surface area (Å²) in [6, 6.07) is 7.03. The van der Waals surface area contributed by atoms with Gasteiger partial charge in [0.1, 0.15) is 0 Å². The minimum absolute atomic E-state index is 0.0507. The topological polar surface area (TPSA) is 66.5 Å². The minimum atomic E-state index is -0.331. The van der Waals surface area contributed by atoms with Crippen LogP contribution in [-0.4, -0.2) is 35.0 Å². The van der Waals surface area contributed by atoms with E-state index in [1.54, 1.807) is 30.3 Å². The predicted octanol–water partition coefficient (Wildman–Crippen LogP) is 3.85. The maximum atomic E-state index is 12.4. The highest BCUT2D eigenvalue weighted by Gasteiger charge is 2.34. The highest BCUT2D eigenvalue weighted by atomic mass is 35.5. The van der Waals surface area contributed by atoms with Crippen molar-refractivity contribution >= 4 is 46.5 Å². The molecule has 1 saturated heterocycles. The molecule has 2 aliphatic rings. The van der Waals surface area contributed by atoms with Crippen LogP contribution in [0.3, 0.4) is 0 Å². The molecule has 26 heavy (non-hydrogen) atoms. The van der Waals surface area contributed by atoms with Gasteiger partial charge in [-0.1, -0.05) is 35.9 Å². The second-order valence-electron chi connectivity index (χ2n) is 6.20. The summed E-state index contributed by atoms with van der Waals surface area (Å²) in [5.41, 5.74) is 0.804. The van der Waals surface area contributed by atoms with Gasteiger partial charge < -0.3 is 5.32 Å². The summed E-state index contributed by atoms with van der Waals surface area (Å²) in [7, 11) is 0. The molecule has 0 radical (unpaired) electrons. The Balaban J connectivity index is 1.51. The number of nitrogens with zero attached hydrogens (tertiary/aromatic N) is 1. The first-order valence-electron chi connectivity index (χ1n) is 8.47. The Kier molecular flexibility index (Phi) is 6.16. The van der Waals surface area contributed by atoms with E-state index in [2.05, 4.69) is 17.5 Å². The minimum Gasteiger partial charge on any atom is -0.354 e. The molecule has 7 heteroatoms. The van der Waals surface area contributed by atoms with Gasteiger partial charge in [-0.3, -0.25) is 19.3 Å². The summed E-state index contributed by atoms with van der Waals surface area (Å²) in [4.78, 5) is 37.9. The molecule has 0 aromatic heterocycles. The molecule has 0 saturated carbocycles. The zero-order valence-corrected chi connectivity index (χ0v) is 15.7. The molecule has 1 atom stereocenters. The van der Waals surface area contributed by atoms with Gasteiger partial charge in [0.15, 0.2) is 0 Å². The third-order valence-electron chi connectivity index (χ3n) is 4.26. The smallest absolute Gasteiger partial charge is 0.293 e. The molecule has 1 fully saturated rings. The lowest BCUT2D eigenvalue weighted by atomic mass is 10.1. The fourth-order valence-electron chi connectivity index (χ4n) is 2.89. The van der Waals surface area contributed by atoms with Gasteiger partial charge in [0.25, 0.3) is 11.1 Å². The Hall–Kier alpha value is -2.05. The van der Waals surface area contributed by atoms with E-state index >= 15 is 0 Å². The molecule has 0 bridgehead atoms. The fraction of sp³-hybridized carbons (Fsp3) is 0.316. The van der Waals surface area contributed by atoms with Crippen LogP contribution in [0.5, 0.6) is 0 Å². The van der Waals surface area contributed by atoms with Gasteiger partial charge in [0.2, 0.25) is 5.91 Å². The molecule has 136 valence electrons. The zero-order chi connectivity index (χ0) is 18.5. The average molecular weight is 391 g/mol. The Morgan fingerprint density at radius 1 is 1.31 bits per heavy atom. The van der Waals surface area contributed by atoms with Crippen LogP contribution in [0, 0.1) is 5.92 Å². The van der Waals surface area contributed by atoms with Crippen LogP contribution < -0.4 is 5.32 Å². The third-order valence-corrected chi connectivity index (χ3v) is 5.42. The van der Waals surface area contributed by atoms with E-state index in [-0.39, 0.29) is 30.1 Å². The van der Waals surface area contributed by atoms with Crippen LogP contribution in [0.15, 0.2) is 41.3 Å². The van der Waals surface area contributed by atoms with Crippen LogP contribution in [0.25, 0.3) is 6.08 Å². The summed E-state index contributed by atoms with van der Waals surface area (Å²) < 4.78 is 0. The number of rotatable bonds is 6. The number of carbonyl (C=O) groups is 3. The number of nitrogens with one attached hydrogen (secondary N) is 1. The number of carbonyl (C=O) groups excluding carboxylic acids is 3. The first-order valence-corrected chi connectivity index (χ1v) is 9.66. The summed E-state index contributed by atoms with van der Waals surface area (Å²) in [5.74, 6) is -0.0809. The van der Waals surface area contributed by atoms with E-state index in [0.29, 0.717) is 22.3 Å². The highest BCUT2D eigenvalue weighted by molar-refractivity contribution is 8.18. The van der Waals surface area contributed by atoms with Crippen molar-refractivity contribution in [3.63, 3.8) is 0 Å². The molecule has 3 rings (SSSR count). The standard InChI is InChI=1S/C19H19ClN2O3S/c20-15-7-5-14(6-8-15)11-16-18(24)22(19(25)26-16)10-9-21-17(23)12-13-3-1-2-4-13/h1,3,5-8,11,13H,2,4,9-10,12H2,(H,21,23)/b16-11+. The molecule has 1 N–H and O–H groups in total. The van der Waals surface area contributed by atoms with E-state index in [4.69, 9.17) is 11.6 Å². The van der Waals surface area contributed by atoms with Crippen LogP contribution in [0.4, 0.5) is 4.79 Å². The first kappa shape index (κ1) is 18.7. The van der Waals surface area contributed by atoms with E-state index in [0.717, 1.165) is 30.2 Å². The van der Waals surface area contributed by atoms with E-state index in [9.17, 15) is 14.4 Å². The Bertz CT molecular complexity index is 773. The molecule has 1 unspecified atom stereocenters. The molecule has 3 amide bonds. The van der Waals surface area contributed by atoms with Crippen molar-refractivity contribution < 1.29 is 14.4 Å². The first-order chi connectivity index (χ1) is 12.5. The number of imide groups is 1. The molecule has 0 spiro atoms. The van der Waals surface area contributed by atoms with Gasteiger partial charge in [0, 0.05) is 24.5 Å². The molecule has 1 aliphatic heterocycles. The lowest BCUT2D eigenvalue weighted by Gasteiger charge is -2.13. The summed E-state index contributed by atoms with van der Waals surface area (Å²) in [6.45, 7) is 0.441. The predicted molar refractivity (Wildman–Crippen MR) is 104 cm³/mol. The van der Waals surface area contributed by atoms with Crippen LogP contribution in [-0.2, 0) is 9.59 Å². The normalized spacial score (nSPS) is 21.0. The summed E-state index contributed by atoms with van der Waals surface area (Å²) in [6.07, 6.45) is 8.31. The Labute approximate surface area is 161 Å². The Morgan fingerprint density at radius 3 is 2.77 bits per heavy atom. The van der Waals surface area contributed by atoms with Gasteiger partial charge in [-0.05, 0) is 54.3 Å². The second kappa shape index (κ2) is 8.56. The largest absolute Gasteiger partial charge is 0.354 e. The van der Waals surface area contributed by atoms with E-state index in [1.165, 1.54) is 4.90 Å². The number of halogens is 1. The van der Waals surface area contributed by atoms with Crippen molar-refractivity contribution in [2.75, 3.05) is 13.1 Å². The molecule has 1 heterocycles. The van der Waals surface area contributed by atoms with Gasteiger partial charge in [-0.15, -0.1) is 0 Å². The van der Waals surface area contributed by atoms with Gasteiger partial charge in [-0.25, -0.2) is 0 Å². The highest BCUT2D eigenvalue weighted by Crippen LogP contribution is 2.32.